The zero-order chi connectivity index (χ0) is 27.3. The molecule has 3 atom stereocenters. The highest BCUT2D eigenvalue weighted by atomic mass is 32.1. The van der Waals surface area contributed by atoms with E-state index in [1.54, 1.807) is 27.7 Å². The van der Waals surface area contributed by atoms with Gasteiger partial charge in [0.2, 0.25) is 11.5 Å². The van der Waals surface area contributed by atoms with Crippen LogP contribution in [0.3, 0.4) is 0 Å². The van der Waals surface area contributed by atoms with Crippen LogP contribution < -0.4 is 21.3 Å². The van der Waals surface area contributed by atoms with Gasteiger partial charge in [-0.1, -0.05) is 5.16 Å². The molecule has 14 nitrogen and oxygen atoms in total. The number of β-lactam (4-membered cyclic amide) rings is 1. The number of aromatic nitrogens is 1. The molecule has 1 aromatic heterocycles. The molecule has 15 heteroatoms. The lowest BCUT2D eigenvalue weighted by molar-refractivity contribution is -0.161. The summed E-state index contributed by atoms with van der Waals surface area (Å²) in [5, 5.41) is 34.5. The van der Waals surface area contributed by atoms with Crippen molar-refractivity contribution >= 4 is 46.1 Å². The Balaban J connectivity index is 2.21. The number of aliphatic hydroxyl groups excluding tert-OH is 1. The second-order valence-corrected chi connectivity index (χ2v) is 10.4. The number of oxime groups is 1. The van der Waals surface area contributed by atoms with Crippen molar-refractivity contribution in [3.05, 3.63) is 11.1 Å². The van der Waals surface area contributed by atoms with Gasteiger partial charge in [0.1, 0.15) is 17.3 Å². The minimum Gasteiger partial charge on any atom is -0.478 e. The molecule has 1 aliphatic rings. The monoisotopic (exact) mass is 528 g/mol. The number of hydrogen-bond acceptors (Lipinski definition) is 11. The van der Waals surface area contributed by atoms with Gasteiger partial charge in [0, 0.05) is 18.5 Å². The summed E-state index contributed by atoms with van der Waals surface area (Å²) in [6.07, 6.45) is -1.34. The fourth-order valence-electron chi connectivity index (χ4n) is 2.67. The Hall–Kier alpha value is -3.30. The highest BCUT2D eigenvalue weighted by Gasteiger charge is 2.41. The van der Waals surface area contributed by atoms with Crippen LogP contribution in [0.1, 0.15) is 47.2 Å². The predicted octanol–water partition coefficient (Wildman–Crippen LogP) is 0.0276. The molecule has 0 spiro atoms. The molecule has 0 saturated carbocycles. The molecule has 0 aromatic carbocycles. The van der Waals surface area contributed by atoms with Crippen LogP contribution in [0.25, 0.3) is 0 Å². The number of carbonyl (C=O) groups is 4. The number of anilines is 1. The third-order valence-electron chi connectivity index (χ3n) is 4.55. The lowest BCUT2D eigenvalue weighted by Gasteiger charge is -2.37. The van der Waals surface area contributed by atoms with Gasteiger partial charge in [0.05, 0.1) is 12.1 Å². The first kappa shape index (κ1) is 28.9. The summed E-state index contributed by atoms with van der Waals surface area (Å²) in [5.41, 5.74) is -2.92. The average molecular weight is 529 g/mol. The number of nitrogens with zero attached hydrogens (tertiary/aromatic N) is 2. The van der Waals surface area contributed by atoms with Gasteiger partial charge in [0.15, 0.2) is 10.8 Å². The van der Waals surface area contributed by atoms with Crippen molar-refractivity contribution in [3.63, 3.8) is 0 Å². The van der Waals surface area contributed by atoms with Gasteiger partial charge in [-0.15, -0.1) is 11.3 Å². The number of carboxylic acids is 1. The van der Waals surface area contributed by atoms with Gasteiger partial charge in [-0.2, -0.15) is 0 Å². The lowest BCUT2D eigenvalue weighted by Crippen LogP contribution is -2.72. The Morgan fingerprint density at radius 3 is 2.50 bits per heavy atom. The molecule has 2 unspecified atom stereocenters. The van der Waals surface area contributed by atoms with Crippen molar-refractivity contribution in [2.75, 3.05) is 18.4 Å². The Morgan fingerprint density at radius 1 is 1.28 bits per heavy atom. The molecule has 0 aliphatic carbocycles. The van der Waals surface area contributed by atoms with E-state index in [2.05, 4.69) is 31.4 Å². The van der Waals surface area contributed by atoms with Gasteiger partial charge in [-0.05, 0) is 41.5 Å². The molecule has 36 heavy (non-hydrogen) atoms. The molecule has 1 aromatic rings. The number of aliphatic hydroxyl groups is 1. The molecule has 1 aliphatic heterocycles. The van der Waals surface area contributed by atoms with Crippen LogP contribution >= 0.6 is 11.3 Å². The molecular weight excluding hydrogens is 496 g/mol. The van der Waals surface area contributed by atoms with Crippen LogP contribution in [0.5, 0.6) is 0 Å². The molecule has 1 fully saturated rings. The smallest absolute Gasteiger partial charge is 0.413 e. The third kappa shape index (κ3) is 8.42. The number of nitrogens with one attached hydrogen (secondary N) is 4. The van der Waals surface area contributed by atoms with Crippen LogP contribution in [0.4, 0.5) is 9.93 Å². The first-order valence-electron chi connectivity index (χ1n) is 11.0. The molecule has 3 amide bonds. The molecule has 1 saturated heterocycles. The zero-order valence-corrected chi connectivity index (χ0v) is 21.7. The normalized spacial score (nSPS) is 19.0. The topological polar surface area (TPSA) is 201 Å². The van der Waals surface area contributed by atoms with Crippen LogP contribution in [-0.4, -0.2) is 87.3 Å². The van der Waals surface area contributed by atoms with Gasteiger partial charge < -0.3 is 35.7 Å². The summed E-state index contributed by atoms with van der Waals surface area (Å²) in [6.45, 7) is 9.76. The number of thiazole rings is 1. The number of carbonyl (C=O) groups excluding carboxylic acids is 3. The van der Waals surface area contributed by atoms with Crippen LogP contribution in [-0.2, 0) is 24.0 Å². The van der Waals surface area contributed by atoms with E-state index in [-0.39, 0.29) is 17.4 Å². The number of amides is 3. The summed E-state index contributed by atoms with van der Waals surface area (Å²) in [6, 6.07) is -1.35. The van der Waals surface area contributed by atoms with E-state index in [1.807, 2.05) is 0 Å². The van der Waals surface area contributed by atoms with E-state index in [9.17, 15) is 29.4 Å². The van der Waals surface area contributed by atoms with E-state index < -0.39 is 59.0 Å². The third-order valence-corrected chi connectivity index (χ3v) is 5.31. The number of ether oxygens (including phenoxy) is 1. The Bertz CT molecular complexity index is 1020. The summed E-state index contributed by atoms with van der Waals surface area (Å²) < 4.78 is 5.17. The van der Waals surface area contributed by atoms with E-state index in [1.165, 1.54) is 19.2 Å². The maximum atomic E-state index is 13.1. The molecular formula is C21H32N6O8S. The fourth-order valence-corrected chi connectivity index (χ4v) is 3.35. The lowest BCUT2D eigenvalue weighted by atomic mass is 9.98. The summed E-state index contributed by atoms with van der Waals surface area (Å²) >= 11 is 0.974. The van der Waals surface area contributed by atoms with E-state index in [4.69, 9.17) is 9.57 Å². The van der Waals surface area contributed by atoms with Gasteiger partial charge in [-0.3, -0.25) is 14.9 Å². The Labute approximate surface area is 211 Å². The number of rotatable bonds is 11. The molecule has 2 rings (SSSR count). The van der Waals surface area contributed by atoms with E-state index >= 15 is 0 Å². The maximum Gasteiger partial charge on any atom is 0.413 e. The minimum atomic E-state index is -1.76. The van der Waals surface area contributed by atoms with Gasteiger partial charge in [-0.25, -0.2) is 14.6 Å². The average Bonchev–Trinajstić information content (AvgIpc) is 3.17. The molecule has 0 radical (unpaired) electrons. The summed E-state index contributed by atoms with van der Waals surface area (Å²) in [5.74, 6) is -2.59. The summed E-state index contributed by atoms with van der Waals surface area (Å²) in [7, 11) is 0. The highest BCUT2D eigenvalue weighted by Crippen LogP contribution is 2.19. The quantitative estimate of drug-likeness (QED) is 0.129. The SMILES string of the molecule is CC(O)CNC[C@@H]1NC(=O)C1NC(=O)/C(=N\OC(C)(C)C(=O)O)c1csc(NC(=O)OC(C)(C)C)n1. The molecule has 2 heterocycles. The maximum absolute atomic E-state index is 13.1. The first-order valence-corrected chi connectivity index (χ1v) is 11.9. The van der Waals surface area contributed by atoms with Gasteiger partial charge in [0.25, 0.3) is 5.91 Å². The fraction of sp³-hybridized carbons (Fsp3) is 0.619. The molecule has 0 bridgehead atoms. The standard InChI is InChI=1S/C21H32N6O8S/c1-10(28)7-22-8-11-13(15(29)23-11)25-16(30)14(27-35-21(5,6)17(31)32)12-9-36-18(24-12)26-19(33)34-20(2,3)4/h9-11,13,22,28H,7-8H2,1-6H3,(H,23,29)(H,25,30)(H,31,32)(H,24,26,33)/b27-14-/t10?,11-,13?/m0/s1. The van der Waals surface area contributed by atoms with Crippen LogP contribution in [0, 0.1) is 0 Å². The van der Waals surface area contributed by atoms with Crippen molar-refractivity contribution in [2.24, 2.45) is 5.16 Å². The number of aliphatic carboxylic acids is 1. The summed E-state index contributed by atoms with van der Waals surface area (Å²) in [4.78, 5) is 57.8. The Kier molecular flexibility index (Phi) is 9.34. The van der Waals surface area contributed by atoms with Gasteiger partial charge >= 0.3 is 12.1 Å². The van der Waals surface area contributed by atoms with Crippen LogP contribution in [0.15, 0.2) is 10.5 Å². The van der Waals surface area contributed by atoms with Crippen molar-refractivity contribution in [1.29, 1.82) is 0 Å². The van der Waals surface area contributed by atoms with Crippen molar-refractivity contribution in [3.8, 4) is 0 Å². The predicted molar refractivity (Wildman–Crippen MR) is 130 cm³/mol. The first-order chi connectivity index (χ1) is 16.6. The minimum absolute atomic E-state index is 0.0201. The molecule has 6 N–H and O–H groups in total. The van der Waals surface area contributed by atoms with E-state index in [0.717, 1.165) is 11.3 Å². The van der Waals surface area contributed by atoms with Crippen molar-refractivity contribution in [2.45, 2.75) is 70.9 Å². The van der Waals surface area contributed by atoms with Crippen molar-refractivity contribution in [1.82, 2.24) is 20.9 Å². The molecule has 200 valence electrons. The van der Waals surface area contributed by atoms with Crippen molar-refractivity contribution < 1.29 is 39.0 Å². The van der Waals surface area contributed by atoms with Crippen LogP contribution in [0.2, 0.25) is 0 Å². The number of hydrogen-bond donors (Lipinski definition) is 6. The zero-order valence-electron chi connectivity index (χ0n) is 20.9. The van der Waals surface area contributed by atoms with E-state index in [0.29, 0.717) is 6.54 Å². The number of carboxylic acid groups (broad SMARTS) is 1. The largest absolute Gasteiger partial charge is 0.478 e. The second kappa shape index (κ2) is 11.6. The highest BCUT2D eigenvalue weighted by molar-refractivity contribution is 7.14. The second-order valence-electron chi connectivity index (χ2n) is 9.58. The Morgan fingerprint density at radius 2 is 1.94 bits per heavy atom.